The number of Topliss-reactive ketones (excluding diaryl/α,β-unsaturated/α-hetero) is 1. The van der Waals surface area contributed by atoms with Crippen LogP contribution in [0.5, 0.6) is 0 Å². The molecule has 5 saturated carbocycles. The average molecular weight is 441 g/mol. The number of fused-ring (bicyclic) bond motifs is 7. The summed E-state index contributed by atoms with van der Waals surface area (Å²) in [6.45, 7) is 21.3. The number of hydrogen-bond acceptors (Lipinski definition) is 2. The number of allylic oxidation sites excluding steroid dienone is 1. The first-order valence-corrected chi connectivity index (χ1v) is 13.6. The molecule has 180 valence electrons. The molecule has 0 aliphatic heterocycles. The lowest BCUT2D eigenvalue weighted by Crippen LogP contribution is -2.69. The van der Waals surface area contributed by atoms with Crippen molar-refractivity contribution in [1.82, 2.24) is 0 Å². The van der Waals surface area contributed by atoms with E-state index in [9.17, 15) is 9.90 Å². The number of carbonyl (C=O) groups is 1. The van der Waals surface area contributed by atoms with Gasteiger partial charge in [0.05, 0.1) is 6.10 Å². The zero-order chi connectivity index (χ0) is 23.5. The maximum absolute atomic E-state index is 12.9. The number of aliphatic hydroxyl groups excluding tert-OH is 1. The van der Waals surface area contributed by atoms with Crippen LogP contribution in [-0.4, -0.2) is 17.0 Å². The van der Waals surface area contributed by atoms with Gasteiger partial charge in [-0.2, -0.15) is 0 Å². The number of carbonyl (C=O) groups excluding carboxylic acids is 1. The van der Waals surface area contributed by atoms with Crippen molar-refractivity contribution in [2.24, 2.45) is 56.7 Å². The van der Waals surface area contributed by atoms with Crippen molar-refractivity contribution in [1.29, 1.82) is 0 Å². The van der Waals surface area contributed by atoms with Crippen LogP contribution < -0.4 is 0 Å². The Morgan fingerprint density at radius 1 is 0.938 bits per heavy atom. The van der Waals surface area contributed by atoms with E-state index in [1.54, 1.807) is 0 Å². The Balaban J connectivity index is 1.59. The summed E-state index contributed by atoms with van der Waals surface area (Å²) in [4.78, 5) is 12.9. The zero-order valence-electron chi connectivity index (χ0n) is 21.9. The molecule has 0 spiro atoms. The van der Waals surface area contributed by atoms with Gasteiger partial charge in [0.1, 0.15) is 5.78 Å². The van der Waals surface area contributed by atoms with Crippen LogP contribution in [0.4, 0.5) is 0 Å². The lowest BCUT2D eigenvalue weighted by molar-refractivity contribution is -0.264. The fourth-order valence-corrected chi connectivity index (χ4v) is 11.4. The summed E-state index contributed by atoms with van der Waals surface area (Å²) in [5, 5.41) is 12.0. The Morgan fingerprint density at radius 2 is 1.62 bits per heavy atom. The highest BCUT2D eigenvalue weighted by Crippen LogP contribution is 2.77. The van der Waals surface area contributed by atoms with E-state index in [0.29, 0.717) is 47.2 Å². The SMILES string of the molecule is C=C(C)[C@@H]1CC[C@]2(C)CC[C@]3(C)[C@H](C[C@@H](O)[C@H]4[C@@]5(C)CCC(=O)C(C)(C)[C@@H]5CC[C@]43C)[C@@H]12. The van der Waals surface area contributed by atoms with Crippen molar-refractivity contribution in [3.05, 3.63) is 12.2 Å². The van der Waals surface area contributed by atoms with Crippen molar-refractivity contribution < 1.29 is 9.90 Å². The maximum Gasteiger partial charge on any atom is 0.138 e. The molecule has 0 aromatic heterocycles. The molecule has 0 bridgehead atoms. The first-order valence-electron chi connectivity index (χ1n) is 13.6. The average Bonchev–Trinajstić information content (AvgIpc) is 3.05. The van der Waals surface area contributed by atoms with Gasteiger partial charge in [-0.1, -0.05) is 53.7 Å². The molecular formula is C30H48O2. The molecule has 0 aromatic rings. The summed E-state index contributed by atoms with van der Waals surface area (Å²) in [7, 11) is 0. The molecule has 0 heterocycles. The Bertz CT molecular complexity index is 842. The van der Waals surface area contributed by atoms with Gasteiger partial charge in [-0.3, -0.25) is 4.79 Å². The van der Waals surface area contributed by atoms with Crippen LogP contribution in [0.3, 0.4) is 0 Å². The summed E-state index contributed by atoms with van der Waals surface area (Å²) in [6, 6.07) is 0. The molecule has 10 atom stereocenters. The zero-order valence-corrected chi connectivity index (χ0v) is 21.9. The molecule has 32 heavy (non-hydrogen) atoms. The Hall–Kier alpha value is -0.630. The largest absolute Gasteiger partial charge is 0.393 e. The molecule has 5 aliphatic rings. The molecule has 1 N–H and O–H groups in total. The lowest BCUT2D eigenvalue weighted by Gasteiger charge is -2.73. The third-order valence-corrected chi connectivity index (χ3v) is 13.2. The molecule has 2 nitrogen and oxygen atoms in total. The Labute approximate surface area is 197 Å². The van der Waals surface area contributed by atoms with Gasteiger partial charge in [-0.25, -0.2) is 0 Å². The predicted molar refractivity (Wildman–Crippen MR) is 131 cm³/mol. The van der Waals surface area contributed by atoms with E-state index in [-0.39, 0.29) is 27.8 Å². The van der Waals surface area contributed by atoms with Crippen LogP contribution in [0.25, 0.3) is 0 Å². The van der Waals surface area contributed by atoms with Crippen LogP contribution in [0, 0.1) is 56.7 Å². The second-order valence-corrected chi connectivity index (χ2v) is 14.6. The third kappa shape index (κ3) is 2.60. The predicted octanol–water partition coefficient (Wildman–Crippen LogP) is 7.20. The normalized spacial score (nSPS) is 56.6. The summed E-state index contributed by atoms with van der Waals surface area (Å²) < 4.78 is 0. The van der Waals surface area contributed by atoms with Crippen molar-refractivity contribution in [3.8, 4) is 0 Å². The van der Waals surface area contributed by atoms with Crippen molar-refractivity contribution in [3.63, 3.8) is 0 Å². The molecule has 0 unspecified atom stereocenters. The minimum Gasteiger partial charge on any atom is -0.393 e. The number of ketones is 1. The number of hydrogen-bond donors (Lipinski definition) is 1. The molecule has 2 heteroatoms. The summed E-state index contributed by atoms with van der Waals surface area (Å²) >= 11 is 0. The second kappa shape index (κ2) is 6.73. The van der Waals surface area contributed by atoms with Gasteiger partial charge in [0.2, 0.25) is 0 Å². The van der Waals surface area contributed by atoms with E-state index in [4.69, 9.17) is 0 Å². The molecule has 0 amide bonds. The van der Waals surface area contributed by atoms with Gasteiger partial charge < -0.3 is 5.11 Å². The van der Waals surface area contributed by atoms with Crippen molar-refractivity contribution >= 4 is 5.78 Å². The fourth-order valence-electron chi connectivity index (χ4n) is 11.4. The van der Waals surface area contributed by atoms with Gasteiger partial charge in [0.15, 0.2) is 0 Å². The molecule has 5 fully saturated rings. The van der Waals surface area contributed by atoms with E-state index in [2.05, 4.69) is 55.0 Å². The minimum atomic E-state index is -0.257. The summed E-state index contributed by atoms with van der Waals surface area (Å²) in [6.07, 6.45) is 9.92. The molecule has 5 aliphatic carbocycles. The van der Waals surface area contributed by atoms with E-state index in [1.807, 2.05) is 0 Å². The van der Waals surface area contributed by atoms with Crippen LogP contribution >= 0.6 is 0 Å². The molecule has 0 saturated heterocycles. The number of rotatable bonds is 1. The van der Waals surface area contributed by atoms with Gasteiger partial charge >= 0.3 is 0 Å². The smallest absolute Gasteiger partial charge is 0.138 e. The quantitative estimate of drug-likeness (QED) is 0.438. The molecule has 0 aromatic carbocycles. The monoisotopic (exact) mass is 440 g/mol. The van der Waals surface area contributed by atoms with Crippen LogP contribution in [0.2, 0.25) is 0 Å². The molecule has 0 radical (unpaired) electrons. The first-order chi connectivity index (χ1) is 14.7. The van der Waals surface area contributed by atoms with E-state index >= 15 is 0 Å². The minimum absolute atomic E-state index is 0.0575. The highest BCUT2D eigenvalue weighted by atomic mass is 16.3. The third-order valence-electron chi connectivity index (χ3n) is 13.2. The van der Waals surface area contributed by atoms with Gasteiger partial charge in [0.25, 0.3) is 0 Å². The van der Waals surface area contributed by atoms with Crippen molar-refractivity contribution in [2.45, 2.75) is 112 Å². The van der Waals surface area contributed by atoms with Gasteiger partial charge in [-0.15, -0.1) is 0 Å². The van der Waals surface area contributed by atoms with Crippen LogP contribution in [0.1, 0.15) is 106 Å². The van der Waals surface area contributed by atoms with E-state index in [0.717, 1.165) is 19.3 Å². The summed E-state index contributed by atoms with van der Waals surface area (Å²) in [5.74, 6) is 3.02. The van der Waals surface area contributed by atoms with E-state index < -0.39 is 0 Å². The van der Waals surface area contributed by atoms with Crippen molar-refractivity contribution in [2.75, 3.05) is 0 Å². The molecule has 5 rings (SSSR count). The Kier molecular flexibility index (Phi) is 4.87. The van der Waals surface area contributed by atoms with Gasteiger partial charge in [0, 0.05) is 11.8 Å². The summed E-state index contributed by atoms with van der Waals surface area (Å²) in [5.41, 5.74) is 1.99. The standard InChI is InChI=1S/C30H48O2/c1-18(2)19-9-12-27(5)15-16-29(7)20(24(19)27)17-21(31)25-28(6)13-11-23(32)26(3,4)22(28)10-14-30(25,29)8/h19-22,24-25,31H,1,9-17H2,2-8H3/t19-,20+,21+,22-,24+,25-,27+,28-,29+,30+/m0/s1. The maximum atomic E-state index is 12.9. The Morgan fingerprint density at radius 3 is 2.28 bits per heavy atom. The lowest BCUT2D eigenvalue weighted by atomic mass is 9.32. The topological polar surface area (TPSA) is 37.3 Å². The van der Waals surface area contributed by atoms with Crippen LogP contribution in [0.15, 0.2) is 12.2 Å². The first kappa shape index (κ1) is 23.1. The fraction of sp³-hybridized carbons (Fsp3) is 0.900. The van der Waals surface area contributed by atoms with Gasteiger partial charge in [-0.05, 0) is 110 Å². The molecular weight excluding hydrogens is 392 g/mol. The number of aliphatic hydroxyl groups is 1. The second-order valence-electron chi connectivity index (χ2n) is 14.6. The van der Waals surface area contributed by atoms with Crippen LogP contribution in [-0.2, 0) is 4.79 Å². The van der Waals surface area contributed by atoms with E-state index in [1.165, 1.54) is 37.7 Å². The highest BCUT2D eigenvalue weighted by Gasteiger charge is 2.72. The highest BCUT2D eigenvalue weighted by molar-refractivity contribution is 5.85.